The summed E-state index contributed by atoms with van der Waals surface area (Å²) in [6.07, 6.45) is 7.23. The van der Waals surface area contributed by atoms with Crippen LogP contribution in [0.2, 0.25) is 0 Å². The highest BCUT2D eigenvalue weighted by Crippen LogP contribution is 2.33. The van der Waals surface area contributed by atoms with Gasteiger partial charge in [-0.2, -0.15) is 0 Å². The Balaban J connectivity index is 1.47. The highest BCUT2D eigenvalue weighted by molar-refractivity contribution is 7.19. The molecular formula is C24H21N3O2S. The van der Waals surface area contributed by atoms with E-state index in [1.54, 1.807) is 17.4 Å². The molecule has 1 aliphatic heterocycles. The third-order valence-electron chi connectivity index (χ3n) is 5.61. The molecular weight excluding hydrogens is 394 g/mol. The van der Waals surface area contributed by atoms with Gasteiger partial charge in [0.05, 0.1) is 15.1 Å². The number of aromatic nitrogens is 1. The van der Waals surface area contributed by atoms with Gasteiger partial charge < -0.3 is 4.90 Å². The average molecular weight is 416 g/mol. The molecule has 1 aliphatic rings. The molecule has 0 bridgehead atoms. The number of piperidine rings is 1. The zero-order chi connectivity index (χ0) is 20.5. The molecule has 1 aromatic heterocycles. The summed E-state index contributed by atoms with van der Waals surface area (Å²) in [6, 6.07) is 18.0. The van der Waals surface area contributed by atoms with Crippen molar-refractivity contribution in [2.45, 2.75) is 19.3 Å². The molecule has 0 aliphatic carbocycles. The maximum Gasteiger partial charge on any atom is 0.293 e. The van der Waals surface area contributed by atoms with Gasteiger partial charge in [-0.1, -0.05) is 42.5 Å². The predicted octanol–water partition coefficient (Wildman–Crippen LogP) is 6.52. The summed E-state index contributed by atoms with van der Waals surface area (Å²) in [7, 11) is 0. The van der Waals surface area contributed by atoms with Gasteiger partial charge in [-0.05, 0) is 48.4 Å². The lowest BCUT2D eigenvalue weighted by molar-refractivity contribution is -0.384. The van der Waals surface area contributed by atoms with Crippen LogP contribution >= 0.6 is 11.3 Å². The summed E-state index contributed by atoms with van der Waals surface area (Å²) >= 11 is 1.63. The molecule has 0 unspecified atom stereocenters. The van der Waals surface area contributed by atoms with Crippen LogP contribution in [0.25, 0.3) is 33.1 Å². The highest BCUT2D eigenvalue weighted by atomic mass is 32.1. The summed E-state index contributed by atoms with van der Waals surface area (Å²) < 4.78 is 1.14. The zero-order valence-corrected chi connectivity index (χ0v) is 17.3. The number of hydrogen-bond acceptors (Lipinski definition) is 5. The van der Waals surface area contributed by atoms with Crippen LogP contribution < -0.4 is 4.90 Å². The van der Waals surface area contributed by atoms with E-state index in [9.17, 15) is 10.1 Å². The number of fused-ring (bicyclic) bond motifs is 3. The minimum atomic E-state index is -0.273. The van der Waals surface area contributed by atoms with Gasteiger partial charge in [-0.15, -0.1) is 11.3 Å². The second-order valence-electron chi connectivity index (χ2n) is 7.57. The summed E-state index contributed by atoms with van der Waals surface area (Å²) in [5.74, 6) is 0. The normalized spacial score (nSPS) is 14.7. The molecule has 5 nitrogen and oxygen atoms in total. The minimum Gasteiger partial charge on any atom is -0.366 e. The summed E-state index contributed by atoms with van der Waals surface area (Å²) in [4.78, 5) is 18.3. The van der Waals surface area contributed by atoms with Gasteiger partial charge in [-0.3, -0.25) is 10.1 Å². The molecule has 0 amide bonds. The fraction of sp³-hybridized carbons (Fsp3) is 0.208. The van der Waals surface area contributed by atoms with Crippen molar-refractivity contribution in [3.63, 3.8) is 0 Å². The van der Waals surface area contributed by atoms with E-state index in [2.05, 4.69) is 29.2 Å². The molecule has 2 heterocycles. The third kappa shape index (κ3) is 3.55. The Bertz CT molecular complexity index is 1270. The van der Waals surface area contributed by atoms with Crippen molar-refractivity contribution >= 4 is 55.9 Å². The van der Waals surface area contributed by atoms with Gasteiger partial charge in [0.2, 0.25) is 0 Å². The van der Waals surface area contributed by atoms with Crippen LogP contribution in [0.4, 0.5) is 11.4 Å². The lowest BCUT2D eigenvalue weighted by atomic mass is 10.1. The second-order valence-corrected chi connectivity index (χ2v) is 8.63. The van der Waals surface area contributed by atoms with Crippen LogP contribution in [0, 0.1) is 10.1 Å². The lowest BCUT2D eigenvalue weighted by Gasteiger charge is -2.28. The molecule has 0 radical (unpaired) electrons. The van der Waals surface area contributed by atoms with Crippen molar-refractivity contribution in [3.8, 4) is 0 Å². The SMILES string of the molecule is O=[N+]([O-])c1cc(C=Cc2nc3c(ccc4ccccc43)s2)ccc1N1CCCCC1. The highest BCUT2D eigenvalue weighted by Gasteiger charge is 2.21. The van der Waals surface area contributed by atoms with E-state index in [4.69, 9.17) is 4.98 Å². The van der Waals surface area contributed by atoms with E-state index < -0.39 is 0 Å². The first-order valence-electron chi connectivity index (χ1n) is 10.2. The molecule has 0 atom stereocenters. The zero-order valence-electron chi connectivity index (χ0n) is 16.5. The molecule has 0 spiro atoms. The number of rotatable bonds is 4. The van der Waals surface area contributed by atoms with Crippen LogP contribution in [-0.2, 0) is 0 Å². The first-order chi connectivity index (χ1) is 14.7. The van der Waals surface area contributed by atoms with Gasteiger partial charge in [0.25, 0.3) is 5.69 Å². The number of benzene rings is 3. The molecule has 0 saturated carbocycles. The topological polar surface area (TPSA) is 59.3 Å². The van der Waals surface area contributed by atoms with E-state index >= 15 is 0 Å². The Labute approximate surface area is 178 Å². The van der Waals surface area contributed by atoms with E-state index in [0.29, 0.717) is 0 Å². The van der Waals surface area contributed by atoms with Gasteiger partial charge in [0, 0.05) is 24.5 Å². The van der Waals surface area contributed by atoms with Crippen LogP contribution in [0.1, 0.15) is 29.8 Å². The molecule has 1 saturated heterocycles. The monoisotopic (exact) mass is 415 g/mol. The van der Waals surface area contributed by atoms with E-state index in [-0.39, 0.29) is 10.6 Å². The number of hydrogen-bond donors (Lipinski definition) is 0. The maximum absolute atomic E-state index is 11.7. The van der Waals surface area contributed by atoms with E-state index in [0.717, 1.165) is 57.8 Å². The molecule has 1 fully saturated rings. The molecule has 30 heavy (non-hydrogen) atoms. The van der Waals surface area contributed by atoms with E-state index in [1.807, 2.05) is 36.4 Å². The second kappa shape index (κ2) is 7.88. The van der Waals surface area contributed by atoms with Crippen molar-refractivity contribution in [2.24, 2.45) is 0 Å². The number of thiazole rings is 1. The fourth-order valence-corrected chi connectivity index (χ4v) is 5.00. The fourth-order valence-electron chi connectivity index (χ4n) is 4.11. The van der Waals surface area contributed by atoms with Crippen LogP contribution in [0.15, 0.2) is 54.6 Å². The molecule has 150 valence electrons. The molecule has 3 aromatic carbocycles. The number of nitro groups is 1. The average Bonchev–Trinajstić information content (AvgIpc) is 3.22. The number of nitrogens with zero attached hydrogens (tertiary/aromatic N) is 3. The minimum absolute atomic E-state index is 0.175. The van der Waals surface area contributed by atoms with E-state index in [1.165, 1.54) is 11.8 Å². The van der Waals surface area contributed by atoms with Gasteiger partial charge >= 0.3 is 0 Å². The van der Waals surface area contributed by atoms with Gasteiger partial charge in [0.1, 0.15) is 10.7 Å². The molecule has 4 aromatic rings. The predicted molar refractivity (Wildman–Crippen MR) is 125 cm³/mol. The van der Waals surface area contributed by atoms with Crippen molar-refractivity contribution in [1.29, 1.82) is 0 Å². The van der Waals surface area contributed by atoms with Gasteiger partial charge in [-0.25, -0.2) is 4.98 Å². The largest absolute Gasteiger partial charge is 0.366 e. The Kier molecular flexibility index (Phi) is 4.93. The smallest absolute Gasteiger partial charge is 0.293 e. The maximum atomic E-state index is 11.7. The van der Waals surface area contributed by atoms with Crippen LogP contribution in [0.5, 0.6) is 0 Å². The van der Waals surface area contributed by atoms with Crippen molar-refractivity contribution in [3.05, 3.63) is 75.3 Å². The standard InChI is InChI=1S/C24H21N3O2S/c28-27(29)21-16-17(8-11-20(21)26-14-4-1-5-15-26)9-13-23-25-24-19-7-3-2-6-18(19)10-12-22(24)30-23/h2-3,6-13,16H,1,4-5,14-15H2. The third-order valence-corrected chi connectivity index (χ3v) is 6.60. The Hall–Kier alpha value is -3.25. The Morgan fingerprint density at radius 2 is 1.83 bits per heavy atom. The van der Waals surface area contributed by atoms with Gasteiger partial charge in [0.15, 0.2) is 0 Å². The molecule has 0 N–H and O–H groups in total. The summed E-state index contributed by atoms with van der Waals surface area (Å²) in [5.41, 5.74) is 2.72. The van der Waals surface area contributed by atoms with Crippen LogP contribution in [0.3, 0.4) is 0 Å². The van der Waals surface area contributed by atoms with Crippen molar-refractivity contribution in [2.75, 3.05) is 18.0 Å². The quantitative estimate of drug-likeness (QED) is 0.281. The summed E-state index contributed by atoms with van der Waals surface area (Å²) in [6.45, 7) is 1.77. The molecule has 5 rings (SSSR count). The first kappa shape index (κ1) is 18.8. The first-order valence-corrected chi connectivity index (χ1v) is 11.0. The van der Waals surface area contributed by atoms with Crippen LogP contribution in [-0.4, -0.2) is 23.0 Å². The number of nitro benzene ring substituents is 1. The Morgan fingerprint density at radius 3 is 2.67 bits per heavy atom. The van der Waals surface area contributed by atoms with Crippen molar-refractivity contribution in [1.82, 2.24) is 4.98 Å². The summed E-state index contributed by atoms with van der Waals surface area (Å²) in [5, 5.41) is 14.9. The Morgan fingerprint density at radius 1 is 1.00 bits per heavy atom. The lowest BCUT2D eigenvalue weighted by Crippen LogP contribution is -2.29. The van der Waals surface area contributed by atoms with Crippen molar-refractivity contribution < 1.29 is 4.92 Å². The molecule has 6 heteroatoms. The number of anilines is 1.